The summed E-state index contributed by atoms with van der Waals surface area (Å²) in [5, 5.41) is 0.784. The summed E-state index contributed by atoms with van der Waals surface area (Å²) in [7, 11) is 0. The van der Waals surface area contributed by atoms with Crippen LogP contribution in [-0.4, -0.2) is 9.50 Å². The highest BCUT2D eigenvalue weighted by molar-refractivity contribution is 14.2. The van der Waals surface area contributed by atoms with E-state index in [1.54, 1.807) is 6.92 Å². The zero-order chi connectivity index (χ0) is 11.9. The molecule has 1 aromatic carbocycles. The summed E-state index contributed by atoms with van der Waals surface area (Å²) in [6.07, 6.45) is 0. The van der Waals surface area contributed by atoms with Crippen molar-refractivity contribution in [3.05, 3.63) is 34.8 Å². The Kier molecular flexibility index (Phi) is 3.10. The zero-order valence-corrected chi connectivity index (χ0v) is 11.2. The predicted molar refractivity (Wildman–Crippen MR) is 72.7 cm³/mol. The van der Waals surface area contributed by atoms with E-state index < -0.39 is 24.9 Å². The monoisotopic (exact) mass is 335 g/mol. The number of rotatable bonds is 2. The minimum atomic E-state index is -1.10. The van der Waals surface area contributed by atoms with Crippen LogP contribution in [0.15, 0.2) is 12.1 Å². The Hall–Kier alpha value is -0.780. The highest BCUT2D eigenvalue weighted by atomic mass is 127. The third kappa shape index (κ3) is 1.79. The Morgan fingerprint density at radius 3 is 2.69 bits per heavy atom. The molecular formula is C12H12F2IN. The van der Waals surface area contributed by atoms with Crippen molar-refractivity contribution in [2.24, 2.45) is 0 Å². The van der Waals surface area contributed by atoms with E-state index in [1.807, 2.05) is 13.0 Å². The minimum Gasteiger partial charge on any atom is -0.359 e. The molecule has 1 atom stereocenters. The first kappa shape index (κ1) is 11.7. The van der Waals surface area contributed by atoms with Crippen molar-refractivity contribution >= 4 is 36.1 Å². The molecule has 16 heavy (non-hydrogen) atoms. The fourth-order valence-corrected chi connectivity index (χ4v) is 3.11. The van der Waals surface area contributed by atoms with Crippen LogP contribution in [0.2, 0.25) is 0 Å². The lowest BCUT2D eigenvalue weighted by Gasteiger charge is -2.09. The summed E-state index contributed by atoms with van der Waals surface area (Å²) in [6, 6.07) is 3.29. The molecule has 4 heteroatoms. The van der Waals surface area contributed by atoms with Gasteiger partial charge in [0.2, 0.25) is 0 Å². The summed E-state index contributed by atoms with van der Waals surface area (Å²) in [5.41, 5.74) is 2.45. The van der Waals surface area contributed by atoms with Crippen LogP contribution < -0.4 is 0 Å². The Morgan fingerprint density at radius 1 is 1.38 bits per heavy atom. The van der Waals surface area contributed by atoms with Gasteiger partial charge in [0.05, 0.1) is 0 Å². The standard InChI is InChI=1S/C12H12F2IN/c1-6-4-8-10(16-6)5-9(13)7(2)11(8)12(14)15-3/h4-5,12,16H,3H2,1-2H3/t12-/m1/s1. The summed E-state index contributed by atoms with van der Waals surface area (Å²) < 4.78 is 30.0. The van der Waals surface area contributed by atoms with Crippen molar-refractivity contribution in [2.45, 2.75) is 18.0 Å². The first-order chi connectivity index (χ1) is 7.54. The van der Waals surface area contributed by atoms with Crippen LogP contribution in [0.4, 0.5) is 8.78 Å². The van der Waals surface area contributed by atoms with Gasteiger partial charge in [-0.3, -0.25) is 0 Å². The highest BCUT2D eigenvalue weighted by Crippen LogP contribution is 2.37. The van der Waals surface area contributed by atoms with E-state index in [0.717, 1.165) is 11.1 Å². The van der Waals surface area contributed by atoms with E-state index in [0.29, 0.717) is 16.6 Å². The van der Waals surface area contributed by atoms with Gasteiger partial charge >= 0.3 is 0 Å². The maximum atomic E-state index is 13.9. The van der Waals surface area contributed by atoms with Gasteiger partial charge in [0.25, 0.3) is 0 Å². The van der Waals surface area contributed by atoms with Crippen LogP contribution in [0.5, 0.6) is 0 Å². The second-order valence-corrected chi connectivity index (χ2v) is 5.74. The summed E-state index contributed by atoms with van der Waals surface area (Å²) >= 11 is -0.826. The normalized spacial score (nSPS) is 13.2. The number of hydrogen-bond acceptors (Lipinski definition) is 0. The molecule has 1 heterocycles. The van der Waals surface area contributed by atoms with Crippen molar-refractivity contribution in [3.63, 3.8) is 0 Å². The van der Waals surface area contributed by atoms with Crippen molar-refractivity contribution in [1.82, 2.24) is 4.98 Å². The lowest BCUT2D eigenvalue weighted by Crippen LogP contribution is -1.94. The molecule has 2 rings (SSSR count). The average Bonchev–Trinajstić information content (AvgIpc) is 2.59. The summed E-state index contributed by atoms with van der Waals surface area (Å²) in [6.45, 7) is 3.50. The van der Waals surface area contributed by atoms with Gasteiger partial charge in [-0.15, -0.1) is 0 Å². The molecule has 0 unspecified atom stereocenters. The van der Waals surface area contributed by atoms with Gasteiger partial charge in [0, 0.05) is 22.2 Å². The largest absolute Gasteiger partial charge is 0.359 e. The maximum absolute atomic E-state index is 13.9. The number of benzene rings is 1. The van der Waals surface area contributed by atoms with Crippen LogP contribution in [0.1, 0.15) is 21.0 Å². The van der Waals surface area contributed by atoms with Gasteiger partial charge in [0.1, 0.15) is 5.82 Å². The molecule has 0 bridgehead atoms. The van der Waals surface area contributed by atoms with Gasteiger partial charge in [-0.2, -0.15) is 0 Å². The van der Waals surface area contributed by atoms with Crippen LogP contribution >= 0.6 is 20.7 Å². The Labute approximate surface area is 103 Å². The SMILES string of the molecule is C=I[C@@H](F)c1c(C)c(F)cc2[nH]c(C)cc12. The zero-order valence-electron chi connectivity index (χ0n) is 9.07. The number of hydrogen-bond donors (Lipinski definition) is 1. The fourth-order valence-electron chi connectivity index (χ4n) is 1.87. The molecule has 1 aromatic heterocycles. The number of halogens is 3. The lowest BCUT2D eigenvalue weighted by atomic mass is 10.0. The number of H-pyrrole nitrogens is 1. The van der Waals surface area contributed by atoms with E-state index in [1.165, 1.54) is 6.07 Å². The molecule has 0 fully saturated rings. The van der Waals surface area contributed by atoms with E-state index in [4.69, 9.17) is 0 Å². The Morgan fingerprint density at radius 2 is 2.06 bits per heavy atom. The minimum absolute atomic E-state index is 0.357. The average molecular weight is 335 g/mol. The number of aromatic nitrogens is 1. The molecule has 0 amide bonds. The number of nitrogens with one attached hydrogen (secondary N) is 1. The third-order valence-electron chi connectivity index (χ3n) is 2.66. The quantitative estimate of drug-likeness (QED) is 0.622. The lowest BCUT2D eigenvalue weighted by molar-refractivity contribution is 0.487. The molecule has 2 aromatic rings. The van der Waals surface area contributed by atoms with E-state index in [9.17, 15) is 8.78 Å². The van der Waals surface area contributed by atoms with Crippen molar-refractivity contribution < 1.29 is 8.78 Å². The molecule has 1 N–H and O–H groups in total. The van der Waals surface area contributed by atoms with Crippen LogP contribution in [0, 0.1) is 19.7 Å². The smallest absolute Gasteiger partial charge is 0.171 e. The molecule has 0 saturated carbocycles. The van der Waals surface area contributed by atoms with Gasteiger partial charge in [-0.1, -0.05) is 25.2 Å². The number of alkyl halides is 2. The third-order valence-corrected chi connectivity index (χ3v) is 4.06. The number of aromatic amines is 1. The molecule has 0 spiro atoms. The van der Waals surface area contributed by atoms with Gasteiger partial charge in [-0.25, -0.2) is 8.78 Å². The first-order valence-electron chi connectivity index (χ1n) is 4.84. The topological polar surface area (TPSA) is 15.8 Å². The Bertz CT molecular complexity index is 560. The van der Waals surface area contributed by atoms with Gasteiger partial charge in [-0.05, 0) is 31.5 Å². The molecule has 0 radical (unpaired) electrons. The first-order valence-corrected chi connectivity index (χ1v) is 7.61. The van der Waals surface area contributed by atoms with Crippen molar-refractivity contribution in [2.75, 3.05) is 0 Å². The molecule has 0 aliphatic carbocycles. The summed E-state index contributed by atoms with van der Waals surface area (Å²) in [5.74, 6) is -0.357. The van der Waals surface area contributed by atoms with E-state index >= 15 is 0 Å². The molecule has 0 saturated heterocycles. The molecule has 86 valence electrons. The van der Waals surface area contributed by atoms with Crippen molar-refractivity contribution in [3.8, 4) is 0 Å². The maximum Gasteiger partial charge on any atom is 0.171 e. The van der Waals surface area contributed by atoms with Crippen molar-refractivity contribution in [1.29, 1.82) is 0 Å². The fraction of sp³-hybridized carbons (Fsp3) is 0.250. The number of fused-ring (bicyclic) bond motifs is 1. The van der Waals surface area contributed by atoms with Crippen LogP contribution in [0.3, 0.4) is 0 Å². The molecule has 1 nitrogen and oxygen atoms in total. The van der Waals surface area contributed by atoms with E-state index in [2.05, 4.69) is 9.50 Å². The summed E-state index contributed by atoms with van der Waals surface area (Å²) in [4.78, 5) is 3.03. The molecular weight excluding hydrogens is 323 g/mol. The second kappa shape index (κ2) is 4.24. The second-order valence-electron chi connectivity index (χ2n) is 3.77. The number of aryl methyl sites for hydroxylation is 1. The molecule has 0 aliphatic rings. The highest BCUT2D eigenvalue weighted by Gasteiger charge is 2.18. The van der Waals surface area contributed by atoms with Crippen LogP contribution in [-0.2, 0) is 0 Å². The van der Waals surface area contributed by atoms with Crippen LogP contribution in [0.25, 0.3) is 10.9 Å². The predicted octanol–water partition coefficient (Wildman–Crippen LogP) is 4.29. The van der Waals surface area contributed by atoms with Gasteiger partial charge in [0.15, 0.2) is 4.18 Å². The Balaban J connectivity index is 2.85. The van der Waals surface area contributed by atoms with Gasteiger partial charge < -0.3 is 4.98 Å². The van der Waals surface area contributed by atoms with E-state index in [-0.39, 0.29) is 5.82 Å². The molecule has 0 aliphatic heterocycles.